The van der Waals surface area contributed by atoms with Gasteiger partial charge in [0.25, 0.3) is 5.91 Å². The third-order valence-electron chi connectivity index (χ3n) is 13.7. The highest BCUT2D eigenvalue weighted by molar-refractivity contribution is 7.46. The van der Waals surface area contributed by atoms with Crippen molar-refractivity contribution >= 4 is 65.5 Å². The predicted molar refractivity (Wildman–Crippen MR) is 267 cm³/mol. The molecular weight excluding hydrogens is 920 g/mol. The Morgan fingerprint density at radius 1 is 1.00 bits per heavy atom. The van der Waals surface area contributed by atoms with E-state index in [9.17, 15) is 29.0 Å². The Bertz CT molecular complexity index is 2810. The minimum absolute atomic E-state index is 0.0764. The summed E-state index contributed by atoms with van der Waals surface area (Å²) in [6.07, 6.45) is 13.2. The molecule has 18 nitrogen and oxygen atoms in total. The monoisotopic (exact) mass is 978 g/mol. The Morgan fingerprint density at radius 3 is 2.54 bits per heavy atom. The van der Waals surface area contributed by atoms with Gasteiger partial charge in [0.1, 0.15) is 28.7 Å². The summed E-state index contributed by atoms with van der Waals surface area (Å²) in [4.78, 5) is 75.4. The SMILES string of the molecule is C=CC(=O)Nc1cc(Nc2cc(-c3ccnc(N4CCc5c(sc6c5CCCC6)C4=O)c3CO)cnc2OC)ncc1N1CCN(C2CCN(c3cccc(C(C)(C)OP(=O)(O)O)n3)CC2)C[C@@H]1C. The fourth-order valence-corrected chi connectivity index (χ4v) is 12.4. The van der Waals surface area contributed by atoms with E-state index >= 15 is 0 Å². The van der Waals surface area contributed by atoms with Gasteiger partial charge in [0.15, 0.2) is 0 Å². The van der Waals surface area contributed by atoms with Crippen molar-refractivity contribution in [3.8, 4) is 17.0 Å². The number of hydrogen-bond donors (Lipinski definition) is 5. The second-order valence-corrected chi connectivity index (χ2v) is 20.7. The third-order valence-corrected chi connectivity index (χ3v) is 15.7. The van der Waals surface area contributed by atoms with Gasteiger partial charge in [0.2, 0.25) is 11.8 Å². The van der Waals surface area contributed by atoms with E-state index in [2.05, 4.69) is 48.8 Å². The van der Waals surface area contributed by atoms with Crippen LogP contribution in [0.5, 0.6) is 5.88 Å². The summed E-state index contributed by atoms with van der Waals surface area (Å²) in [5.41, 5.74) is 5.40. The second kappa shape index (κ2) is 19.9. The zero-order valence-corrected chi connectivity index (χ0v) is 41.1. The number of rotatable bonds is 14. The number of aryl methyl sites for hydroxylation is 1. The first-order valence-electron chi connectivity index (χ1n) is 23.4. The van der Waals surface area contributed by atoms with Gasteiger partial charge in [0.05, 0.1) is 41.9 Å². The number of nitrogens with zero attached hydrogens (tertiary/aromatic N) is 8. The molecule has 5 aromatic heterocycles. The molecule has 0 unspecified atom stereocenters. The maximum Gasteiger partial charge on any atom is 0.470 e. The van der Waals surface area contributed by atoms with Crippen molar-refractivity contribution < 1.29 is 38.3 Å². The molecule has 20 heteroatoms. The molecule has 1 atom stereocenters. The largest absolute Gasteiger partial charge is 0.480 e. The van der Waals surface area contributed by atoms with Crippen LogP contribution in [0.2, 0.25) is 0 Å². The number of piperazine rings is 1. The number of thiophene rings is 1. The molecule has 0 saturated carbocycles. The van der Waals surface area contributed by atoms with Crippen LogP contribution in [0, 0.1) is 0 Å². The highest BCUT2D eigenvalue weighted by Gasteiger charge is 2.36. The lowest BCUT2D eigenvalue weighted by molar-refractivity contribution is -0.111. The predicted octanol–water partition coefficient (Wildman–Crippen LogP) is 6.97. The first kappa shape index (κ1) is 48.2. The van der Waals surface area contributed by atoms with Gasteiger partial charge in [-0.2, -0.15) is 0 Å². The van der Waals surface area contributed by atoms with Gasteiger partial charge in [-0.3, -0.25) is 23.9 Å². The summed E-state index contributed by atoms with van der Waals surface area (Å²) < 4.78 is 22.3. The zero-order valence-electron chi connectivity index (χ0n) is 39.4. The normalized spacial score (nSPS) is 18.2. The smallest absolute Gasteiger partial charge is 0.470 e. The molecule has 0 bridgehead atoms. The average molecular weight is 979 g/mol. The van der Waals surface area contributed by atoms with Crippen LogP contribution in [0.4, 0.5) is 34.5 Å². The van der Waals surface area contributed by atoms with Gasteiger partial charge in [-0.05, 0) is 113 Å². The molecule has 5 aromatic rings. The van der Waals surface area contributed by atoms with E-state index in [1.165, 1.54) is 29.2 Å². The maximum atomic E-state index is 14.0. The maximum absolute atomic E-state index is 14.0. The van der Waals surface area contributed by atoms with Crippen molar-refractivity contribution in [3.63, 3.8) is 0 Å². The van der Waals surface area contributed by atoms with Crippen molar-refractivity contribution in [1.29, 1.82) is 0 Å². The fraction of sp³-hybridized carbons (Fsp3) is 0.429. The summed E-state index contributed by atoms with van der Waals surface area (Å²) in [5.74, 6) is 1.47. The molecule has 0 spiro atoms. The van der Waals surface area contributed by atoms with E-state index < -0.39 is 13.4 Å². The number of pyridine rings is 4. The number of nitrogens with one attached hydrogen (secondary N) is 2. The van der Waals surface area contributed by atoms with Crippen LogP contribution in [0.15, 0.2) is 67.6 Å². The molecule has 8 heterocycles. The molecule has 364 valence electrons. The minimum atomic E-state index is -4.72. The lowest BCUT2D eigenvalue weighted by Crippen LogP contribution is -2.57. The Kier molecular flexibility index (Phi) is 13.9. The minimum Gasteiger partial charge on any atom is -0.480 e. The number of carbonyl (C=O) groups is 2. The number of aliphatic hydroxyl groups is 1. The quantitative estimate of drug-likeness (QED) is 0.0561. The van der Waals surface area contributed by atoms with Crippen LogP contribution in [-0.2, 0) is 45.4 Å². The number of fused-ring (bicyclic) bond motifs is 3. The van der Waals surface area contributed by atoms with E-state index in [4.69, 9.17) is 19.2 Å². The second-order valence-electron chi connectivity index (χ2n) is 18.5. The number of aromatic nitrogens is 4. The van der Waals surface area contributed by atoms with Crippen molar-refractivity contribution in [1.82, 2.24) is 24.8 Å². The van der Waals surface area contributed by atoms with Crippen molar-refractivity contribution in [2.75, 3.05) is 71.7 Å². The fourth-order valence-electron chi connectivity index (χ4n) is 10.3. The standard InChI is InChI=1S/C49H59N10O8PS/c1-6-44(61)54-37-25-42(51-27-39(37)58-23-22-57(28-30(58)2)32-15-19-56(20-16-32)43-13-9-12-41(55-43)49(3,4)67-68(63,64)65)53-38-24-31(26-52-47(38)66-5)33-14-18-50-46(36(33)29-60)59-21-17-35-34-10-7-8-11-40(34)69-45(35)48(59)62/h6,9,12-14,18,24-27,30,32,60H,1,7-8,10-11,15-17,19-23,28-29H2,2-5H3,(H2,63,64,65)(H2,51,53,54,61)/t30-/m0/s1. The Balaban J connectivity index is 0.897. The molecule has 0 aromatic carbocycles. The molecule has 69 heavy (non-hydrogen) atoms. The van der Waals surface area contributed by atoms with E-state index in [0.717, 1.165) is 87.5 Å². The van der Waals surface area contributed by atoms with Gasteiger partial charge in [0, 0.05) is 85.8 Å². The number of phosphoric acid groups is 1. The highest BCUT2D eigenvalue weighted by Crippen LogP contribution is 2.45. The summed E-state index contributed by atoms with van der Waals surface area (Å²) in [7, 11) is -3.19. The van der Waals surface area contributed by atoms with Crippen molar-refractivity contribution in [2.45, 2.75) is 90.0 Å². The number of methoxy groups -OCH3 is 1. The van der Waals surface area contributed by atoms with Crippen LogP contribution in [0.25, 0.3) is 11.1 Å². The first-order chi connectivity index (χ1) is 33.1. The number of hydrogen-bond acceptors (Lipinski definition) is 15. The number of piperidine rings is 1. The molecule has 9 rings (SSSR count). The molecule has 1 aliphatic carbocycles. The van der Waals surface area contributed by atoms with Gasteiger partial charge in [-0.15, -0.1) is 11.3 Å². The topological polar surface area (TPSA) is 219 Å². The number of anilines is 6. The lowest BCUT2D eigenvalue weighted by atomic mass is 9.92. The van der Waals surface area contributed by atoms with Gasteiger partial charge < -0.3 is 40.1 Å². The van der Waals surface area contributed by atoms with Crippen LogP contribution in [0.3, 0.4) is 0 Å². The molecule has 2 fully saturated rings. The van der Waals surface area contributed by atoms with Crippen molar-refractivity contribution in [2.24, 2.45) is 0 Å². The molecule has 2 amide bonds. The van der Waals surface area contributed by atoms with Crippen LogP contribution in [0.1, 0.15) is 83.4 Å². The Morgan fingerprint density at radius 2 is 1.80 bits per heavy atom. The molecule has 4 aliphatic rings. The van der Waals surface area contributed by atoms with E-state index in [0.29, 0.717) is 70.4 Å². The van der Waals surface area contributed by atoms with Crippen molar-refractivity contribution in [3.05, 3.63) is 99.8 Å². The van der Waals surface area contributed by atoms with E-state index in [1.54, 1.807) is 60.8 Å². The number of ether oxygens (including phenoxy) is 1. The van der Waals surface area contributed by atoms with Gasteiger partial charge in [-0.25, -0.2) is 24.5 Å². The number of amides is 2. The van der Waals surface area contributed by atoms with Gasteiger partial charge >= 0.3 is 7.82 Å². The van der Waals surface area contributed by atoms with Crippen LogP contribution >= 0.6 is 19.2 Å². The van der Waals surface area contributed by atoms with Crippen LogP contribution in [-0.4, -0.2) is 110 Å². The number of phosphoric ester groups is 1. The van der Waals surface area contributed by atoms with Gasteiger partial charge in [-0.1, -0.05) is 12.6 Å². The third kappa shape index (κ3) is 10.1. The van der Waals surface area contributed by atoms with Crippen LogP contribution < -0.4 is 30.1 Å². The summed E-state index contributed by atoms with van der Waals surface area (Å²) >= 11 is 1.61. The molecule has 0 radical (unpaired) electrons. The Labute approximate surface area is 405 Å². The summed E-state index contributed by atoms with van der Waals surface area (Å²) in [5, 5.41) is 17.2. The number of carbonyl (C=O) groups excluding carboxylic acids is 2. The van der Waals surface area contributed by atoms with E-state index in [-0.39, 0.29) is 24.5 Å². The lowest BCUT2D eigenvalue weighted by Gasteiger charge is -2.46. The molecule has 5 N–H and O–H groups in total. The molecule has 2 saturated heterocycles. The Hall–Kier alpha value is -5.79. The first-order valence-corrected chi connectivity index (χ1v) is 25.8. The zero-order chi connectivity index (χ0) is 48.6. The average Bonchev–Trinajstić information content (AvgIpc) is 3.73. The molecular formula is C49H59N10O8PS. The summed E-state index contributed by atoms with van der Waals surface area (Å²) in [6, 6.07) is 11.3. The van der Waals surface area contributed by atoms with E-state index in [1.807, 2.05) is 24.3 Å². The highest BCUT2D eigenvalue weighted by atomic mass is 32.1. The summed E-state index contributed by atoms with van der Waals surface area (Å²) in [6.45, 7) is 13.0. The molecule has 3 aliphatic heterocycles. The number of aliphatic hydroxyl groups excluding tert-OH is 1.